The normalized spacial score (nSPS) is 12.3. The van der Waals surface area contributed by atoms with E-state index < -0.39 is 0 Å². The molecule has 0 saturated heterocycles. The zero-order valence-electron chi connectivity index (χ0n) is 11.4. The van der Waals surface area contributed by atoms with Gasteiger partial charge in [0.2, 0.25) is 4.96 Å². The molecule has 0 atom stereocenters. The first kappa shape index (κ1) is 14.4. The van der Waals surface area contributed by atoms with E-state index in [0.717, 1.165) is 0 Å². The minimum atomic E-state index is -0.245. The fraction of sp³-hybridized carbons (Fsp3) is 0. The van der Waals surface area contributed by atoms with Crippen molar-refractivity contribution in [3.05, 3.63) is 67.3 Å². The van der Waals surface area contributed by atoms with Gasteiger partial charge < -0.3 is 4.42 Å². The molecule has 0 aliphatic rings. The summed E-state index contributed by atoms with van der Waals surface area (Å²) in [5.41, 5.74) is 0.383. The highest BCUT2D eigenvalue weighted by Crippen LogP contribution is 2.28. The summed E-state index contributed by atoms with van der Waals surface area (Å²) in [6.45, 7) is 0. The maximum absolute atomic E-state index is 12.4. The number of halogens is 2. The summed E-state index contributed by atoms with van der Waals surface area (Å²) >= 11 is 13.3. The van der Waals surface area contributed by atoms with Crippen LogP contribution in [0.4, 0.5) is 0 Å². The molecule has 3 aromatic heterocycles. The van der Waals surface area contributed by atoms with E-state index in [4.69, 9.17) is 27.6 Å². The Morgan fingerprint density at radius 2 is 2.13 bits per heavy atom. The number of benzene rings is 1. The molecule has 0 unspecified atom stereocenters. The van der Waals surface area contributed by atoms with Crippen LogP contribution in [0, 0.1) is 0 Å². The van der Waals surface area contributed by atoms with Crippen molar-refractivity contribution in [1.82, 2.24) is 14.6 Å². The smallest absolute Gasteiger partial charge is 0.291 e. The molecule has 0 fully saturated rings. The van der Waals surface area contributed by atoms with Crippen LogP contribution in [0.2, 0.25) is 10.0 Å². The van der Waals surface area contributed by atoms with Gasteiger partial charge in [-0.1, -0.05) is 34.5 Å². The van der Waals surface area contributed by atoms with Crippen LogP contribution in [-0.4, -0.2) is 14.6 Å². The fourth-order valence-corrected chi connectivity index (χ4v) is 3.50. The van der Waals surface area contributed by atoms with Gasteiger partial charge >= 0.3 is 0 Å². The van der Waals surface area contributed by atoms with Gasteiger partial charge in [0.05, 0.1) is 11.3 Å². The Morgan fingerprint density at radius 3 is 2.83 bits per heavy atom. The largest absolute Gasteiger partial charge is 0.465 e. The first-order valence-corrected chi connectivity index (χ1v) is 8.09. The third kappa shape index (κ3) is 2.55. The number of furan rings is 1. The number of rotatable bonds is 2. The Labute approximate surface area is 143 Å². The minimum absolute atomic E-state index is 0.245. The standard InChI is InChI=1S/C15H7Cl2N3O2S/c16-8-3-4-10(11(17)6-8)13-18-15-20(19-13)14(21)12(23-15)7-9-2-1-5-22-9/h1-7H. The van der Waals surface area contributed by atoms with Crippen molar-refractivity contribution in [3.63, 3.8) is 0 Å². The molecular weight excluding hydrogens is 357 g/mol. The summed E-state index contributed by atoms with van der Waals surface area (Å²) in [4.78, 5) is 17.3. The quantitative estimate of drug-likeness (QED) is 0.548. The van der Waals surface area contributed by atoms with Crippen LogP contribution < -0.4 is 10.1 Å². The molecule has 4 aromatic rings. The Kier molecular flexibility index (Phi) is 3.45. The topological polar surface area (TPSA) is 60.4 Å². The van der Waals surface area contributed by atoms with Gasteiger partial charge in [-0.05, 0) is 30.3 Å². The average Bonchev–Trinajstić information content (AvgIpc) is 3.20. The maximum Gasteiger partial charge on any atom is 0.291 e. The van der Waals surface area contributed by atoms with Gasteiger partial charge in [-0.25, -0.2) is 0 Å². The van der Waals surface area contributed by atoms with Crippen molar-refractivity contribution in [1.29, 1.82) is 0 Å². The van der Waals surface area contributed by atoms with E-state index in [1.54, 1.807) is 42.7 Å². The van der Waals surface area contributed by atoms with Crippen molar-refractivity contribution >= 4 is 45.6 Å². The lowest BCUT2D eigenvalue weighted by Crippen LogP contribution is -2.23. The molecule has 8 heteroatoms. The van der Waals surface area contributed by atoms with E-state index in [2.05, 4.69) is 10.1 Å². The lowest BCUT2D eigenvalue weighted by molar-refractivity contribution is 0.556. The minimum Gasteiger partial charge on any atom is -0.465 e. The van der Waals surface area contributed by atoms with Gasteiger partial charge in [0, 0.05) is 16.7 Å². The van der Waals surface area contributed by atoms with Crippen molar-refractivity contribution in [2.75, 3.05) is 0 Å². The second-order valence-corrected chi connectivity index (χ2v) is 6.54. The van der Waals surface area contributed by atoms with Crippen LogP contribution in [0.25, 0.3) is 22.4 Å². The third-order valence-electron chi connectivity index (χ3n) is 3.17. The summed E-state index contributed by atoms with van der Waals surface area (Å²) in [6.07, 6.45) is 3.21. The maximum atomic E-state index is 12.4. The SMILES string of the molecule is O=c1c(=Cc2ccco2)sc2nc(-c3ccc(Cl)cc3Cl)nn12. The highest BCUT2D eigenvalue weighted by Gasteiger charge is 2.14. The predicted molar refractivity (Wildman–Crippen MR) is 90.1 cm³/mol. The van der Waals surface area contributed by atoms with E-state index in [1.807, 2.05) is 0 Å². The summed E-state index contributed by atoms with van der Waals surface area (Å²) in [5.74, 6) is 0.993. The molecule has 3 heterocycles. The Balaban J connectivity index is 1.86. The molecule has 0 spiro atoms. The van der Waals surface area contributed by atoms with Crippen molar-refractivity contribution < 1.29 is 4.42 Å². The molecule has 0 N–H and O–H groups in total. The molecule has 23 heavy (non-hydrogen) atoms. The first-order valence-electron chi connectivity index (χ1n) is 6.52. The third-order valence-corrected chi connectivity index (χ3v) is 4.68. The monoisotopic (exact) mass is 363 g/mol. The highest BCUT2D eigenvalue weighted by molar-refractivity contribution is 7.15. The number of aromatic nitrogens is 3. The van der Waals surface area contributed by atoms with Gasteiger partial charge in [0.25, 0.3) is 5.56 Å². The lowest BCUT2D eigenvalue weighted by Gasteiger charge is -1.98. The molecule has 0 radical (unpaired) electrons. The highest BCUT2D eigenvalue weighted by atomic mass is 35.5. The Hall–Kier alpha value is -2.15. The van der Waals surface area contributed by atoms with Crippen LogP contribution in [0.15, 0.2) is 45.8 Å². The number of nitrogens with zero attached hydrogens (tertiary/aromatic N) is 3. The zero-order chi connectivity index (χ0) is 16.0. The fourth-order valence-electron chi connectivity index (χ4n) is 2.12. The van der Waals surface area contributed by atoms with E-state index >= 15 is 0 Å². The molecule has 0 aliphatic carbocycles. The molecule has 1 aromatic carbocycles. The van der Waals surface area contributed by atoms with E-state index in [0.29, 0.717) is 36.7 Å². The van der Waals surface area contributed by atoms with Crippen LogP contribution in [0.3, 0.4) is 0 Å². The average molecular weight is 364 g/mol. The second kappa shape index (κ2) is 5.49. The predicted octanol–water partition coefficient (Wildman–Crippen LogP) is 3.27. The van der Waals surface area contributed by atoms with Gasteiger partial charge in [-0.2, -0.15) is 9.50 Å². The van der Waals surface area contributed by atoms with Crippen LogP contribution in [0.1, 0.15) is 5.76 Å². The second-order valence-electron chi connectivity index (χ2n) is 4.69. The zero-order valence-corrected chi connectivity index (χ0v) is 13.7. The van der Waals surface area contributed by atoms with Gasteiger partial charge in [0.1, 0.15) is 10.3 Å². The van der Waals surface area contributed by atoms with E-state index in [9.17, 15) is 4.79 Å². The summed E-state index contributed by atoms with van der Waals surface area (Å²) in [7, 11) is 0. The molecular formula is C15H7Cl2N3O2S. The molecule has 114 valence electrons. The number of hydrogen-bond acceptors (Lipinski definition) is 5. The van der Waals surface area contributed by atoms with Gasteiger partial charge in [-0.15, -0.1) is 5.10 Å². The summed E-state index contributed by atoms with van der Waals surface area (Å²) in [6, 6.07) is 8.57. The molecule has 0 bridgehead atoms. The molecule has 5 nitrogen and oxygen atoms in total. The lowest BCUT2D eigenvalue weighted by atomic mass is 10.2. The molecule has 4 rings (SSSR count). The van der Waals surface area contributed by atoms with Crippen LogP contribution >= 0.6 is 34.5 Å². The molecule has 0 aliphatic heterocycles. The molecule has 0 saturated carbocycles. The number of fused-ring (bicyclic) bond motifs is 1. The molecule has 0 amide bonds. The number of hydrogen-bond donors (Lipinski definition) is 0. The van der Waals surface area contributed by atoms with Crippen molar-refractivity contribution in [2.45, 2.75) is 0 Å². The van der Waals surface area contributed by atoms with Gasteiger partial charge in [-0.3, -0.25) is 4.79 Å². The van der Waals surface area contributed by atoms with E-state index in [1.165, 1.54) is 15.9 Å². The Morgan fingerprint density at radius 1 is 1.26 bits per heavy atom. The van der Waals surface area contributed by atoms with E-state index in [-0.39, 0.29) is 5.56 Å². The van der Waals surface area contributed by atoms with Crippen LogP contribution in [-0.2, 0) is 0 Å². The van der Waals surface area contributed by atoms with Crippen LogP contribution in [0.5, 0.6) is 0 Å². The summed E-state index contributed by atoms with van der Waals surface area (Å²) in [5, 5.41) is 5.21. The summed E-state index contributed by atoms with van der Waals surface area (Å²) < 4.78 is 6.98. The van der Waals surface area contributed by atoms with Crippen molar-refractivity contribution in [2.24, 2.45) is 0 Å². The van der Waals surface area contributed by atoms with Crippen molar-refractivity contribution in [3.8, 4) is 11.4 Å². The first-order chi connectivity index (χ1) is 11.1. The van der Waals surface area contributed by atoms with Gasteiger partial charge in [0.15, 0.2) is 5.82 Å². The number of thiazole rings is 1. The Bertz CT molecular complexity index is 1120.